The maximum Gasteiger partial charge on any atom is 0.124 e. The molecule has 1 atom stereocenters. The van der Waals surface area contributed by atoms with E-state index in [9.17, 15) is 5.11 Å². The second kappa shape index (κ2) is 4.71. The molecule has 3 rings (SSSR count). The quantitative estimate of drug-likeness (QED) is 0.844. The molecule has 0 aliphatic carbocycles. The van der Waals surface area contributed by atoms with Crippen LogP contribution in [0.2, 0.25) is 0 Å². The molecule has 0 bridgehead atoms. The van der Waals surface area contributed by atoms with Crippen molar-refractivity contribution >= 4 is 0 Å². The van der Waals surface area contributed by atoms with Gasteiger partial charge in [-0.05, 0) is 25.0 Å². The molecular formula is C13H17N5O. The third-order valence-corrected chi connectivity index (χ3v) is 3.71. The standard InChI is InChI=1S/C13H17N5O/c1-10-3-2-5-14-11(10)8-18-6-4-13(19,9-18)12-7-15-17-16-12/h2-3,5,7,19H,4,6,8-9H2,1H3,(H,15,16,17)/t13-/m1/s1. The SMILES string of the molecule is Cc1cccnc1CN1CC[C@](O)(c2cn[nH]n2)C1. The van der Waals surface area contributed by atoms with Gasteiger partial charge in [0.05, 0.1) is 11.9 Å². The highest BCUT2D eigenvalue weighted by Crippen LogP contribution is 2.30. The van der Waals surface area contributed by atoms with Crippen LogP contribution < -0.4 is 0 Å². The van der Waals surface area contributed by atoms with E-state index in [4.69, 9.17) is 0 Å². The highest BCUT2D eigenvalue weighted by Gasteiger charge is 2.39. The minimum Gasteiger partial charge on any atom is -0.382 e. The average molecular weight is 259 g/mol. The van der Waals surface area contributed by atoms with Crippen LogP contribution in [0.4, 0.5) is 0 Å². The lowest BCUT2D eigenvalue weighted by Gasteiger charge is -2.21. The van der Waals surface area contributed by atoms with Gasteiger partial charge in [0.15, 0.2) is 0 Å². The first-order chi connectivity index (χ1) is 9.17. The van der Waals surface area contributed by atoms with E-state index in [2.05, 4.69) is 38.3 Å². The summed E-state index contributed by atoms with van der Waals surface area (Å²) in [7, 11) is 0. The molecule has 6 heteroatoms. The zero-order valence-electron chi connectivity index (χ0n) is 10.9. The van der Waals surface area contributed by atoms with Crippen molar-refractivity contribution in [3.05, 3.63) is 41.5 Å². The molecule has 2 aromatic rings. The normalized spacial score (nSPS) is 23.9. The van der Waals surface area contributed by atoms with Gasteiger partial charge in [-0.1, -0.05) is 6.07 Å². The smallest absolute Gasteiger partial charge is 0.124 e. The summed E-state index contributed by atoms with van der Waals surface area (Å²) in [4.78, 5) is 6.59. The molecule has 0 spiro atoms. The van der Waals surface area contributed by atoms with Gasteiger partial charge >= 0.3 is 0 Å². The van der Waals surface area contributed by atoms with Crippen molar-refractivity contribution in [1.82, 2.24) is 25.3 Å². The molecule has 0 amide bonds. The first-order valence-corrected chi connectivity index (χ1v) is 6.39. The summed E-state index contributed by atoms with van der Waals surface area (Å²) in [6, 6.07) is 4.00. The second-order valence-electron chi connectivity index (χ2n) is 5.11. The average Bonchev–Trinajstić information content (AvgIpc) is 3.03. The predicted octanol–water partition coefficient (Wildman–Crippen LogP) is 0.602. The third-order valence-electron chi connectivity index (χ3n) is 3.71. The number of rotatable bonds is 3. The van der Waals surface area contributed by atoms with E-state index in [1.165, 1.54) is 5.56 Å². The topological polar surface area (TPSA) is 77.9 Å². The Balaban J connectivity index is 1.71. The lowest BCUT2D eigenvalue weighted by molar-refractivity contribution is 0.0407. The summed E-state index contributed by atoms with van der Waals surface area (Å²) in [5.41, 5.74) is 1.97. The van der Waals surface area contributed by atoms with Crippen LogP contribution in [0.25, 0.3) is 0 Å². The van der Waals surface area contributed by atoms with Crippen LogP contribution >= 0.6 is 0 Å². The van der Waals surface area contributed by atoms with Gasteiger partial charge in [-0.15, -0.1) is 0 Å². The van der Waals surface area contributed by atoms with Crippen LogP contribution in [0.3, 0.4) is 0 Å². The minimum atomic E-state index is -0.893. The molecule has 0 unspecified atom stereocenters. The van der Waals surface area contributed by atoms with Crippen LogP contribution in [-0.2, 0) is 12.1 Å². The second-order valence-corrected chi connectivity index (χ2v) is 5.11. The fraction of sp³-hybridized carbons (Fsp3) is 0.462. The maximum absolute atomic E-state index is 10.6. The van der Waals surface area contributed by atoms with E-state index in [-0.39, 0.29) is 0 Å². The van der Waals surface area contributed by atoms with Crippen molar-refractivity contribution < 1.29 is 5.11 Å². The number of nitrogens with zero attached hydrogens (tertiary/aromatic N) is 4. The van der Waals surface area contributed by atoms with Crippen molar-refractivity contribution in [3.8, 4) is 0 Å². The molecule has 1 saturated heterocycles. The Labute approximate surface area is 111 Å². The van der Waals surface area contributed by atoms with Crippen LogP contribution in [0.15, 0.2) is 24.5 Å². The van der Waals surface area contributed by atoms with E-state index in [1.54, 1.807) is 6.20 Å². The Morgan fingerprint density at radius 2 is 2.42 bits per heavy atom. The number of β-amino-alcohol motifs (C(OH)–C–C–N with tert-alkyl or cyclic N) is 1. The fourth-order valence-corrected chi connectivity index (χ4v) is 2.54. The van der Waals surface area contributed by atoms with Crippen LogP contribution in [0.1, 0.15) is 23.4 Å². The fourth-order valence-electron chi connectivity index (χ4n) is 2.54. The number of aliphatic hydroxyl groups is 1. The van der Waals surface area contributed by atoms with Crippen molar-refractivity contribution in [3.63, 3.8) is 0 Å². The summed E-state index contributed by atoms with van der Waals surface area (Å²) in [5, 5.41) is 20.9. The van der Waals surface area contributed by atoms with Gasteiger partial charge < -0.3 is 5.11 Å². The van der Waals surface area contributed by atoms with Crippen molar-refractivity contribution in [1.29, 1.82) is 0 Å². The molecule has 2 N–H and O–H groups in total. The van der Waals surface area contributed by atoms with Crippen LogP contribution in [0.5, 0.6) is 0 Å². The summed E-state index contributed by atoms with van der Waals surface area (Å²) in [6.45, 7) is 4.21. The zero-order valence-corrected chi connectivity index (χ0v) is 10.9. The number of H-pyrrole nitrogens is 1. The van der Waals surface area contributed by atoms with E-state index in [0.717, 1.165) is 18.8 Å². The monoisotopic (exact) mass is 259 g/mol. The number of nitrogens with one attached hydrogen (secondary N) is 1. The largest absolute Gasteiger partial charge is 0.382 e. The highest BCUT2D eigenvalue weighted by atomic mass is 16.3. The maximum atomic E-state index is 10.6. The molecule has 2 aromatic heterocycles. The number of hydrogen-bond acceptors (Lipinski definition) is 5. The lowest BCUT2D eigenvalue weighted by atomic mass is 10.00. The van der Waals surface area contributed by atoms with E-state index >= 15 is 0 Å². The summed E-state index contributed by atoms with van der Waals surface area (Å²) < 4.78 is 0. The summed E-state index contributed by atoms with van der Waals surface area (Å²) >= 11 is 0. The van der Waals surface area contributed by atoms with E-state index in [0.29, 0.717) is 18.7 Å². The molecule has 1 aliphatic heterocycles. The molecule has 19 heavy (non-hydrogen) atoms. The molecule has 0 saturated carbocycles. The Morgan fingerprint density at radius 1 is 1.53 bits per heavy atom. The number of hydrogen-bond donors (Lipinski definition) is 2. The van der Waals surface area contributed by atoms with Gasteiger partial charge in [0.2, 0.25) is 0 Å². The Bertz CT molecular complexity index is 556. The van der Waals surface area contributed by atoms with E-state index in [1.807, 2.05) is 12.3 Å². The molecule has 0 radical (unpaired) electrons. The lowest BCUT2D eigenvalue weighted by Crippen LogP contribution is -2.31. The molecule has 1 fully saturated rings. The number of aryl methyl sites for hydroxylation is 1. The van der Waals surface area contributed by atoms with Crippen molar-refractivity contribution in [2.45, 2.75) is 25.5 Å². The molecule has 3 heterocycles. The van der Waals surface area contributed by atoms with Crippen molar-refractivity contribution in [2.75, 3.05) is 13.1 Å². The van der Waals surface area contributed by atoms with Gasteiger partial charge in [-0.2, -0.15) is 15.4 Å². The molecule has 100 valence electrons. The highest BCUT2D eigenvalue weighted by molar-refractivity contribution is 5.18. The van der Waals surface area contributed by atoms with Crippen LogP contribution in [-0.4, -0.2) is 43.5 Å². The minimum absolute atomic E-state index is 0.565. The number of likely N-dealkylation sites (tertiary alicyclic amines) is 1. The first kappa shape index (κ1) is 12.3. The number of pyridine rings is 1. The van der Waals surface area contributed by atoms with Crippen molar-refractivity contribution in [2.24, 2.45) is 0 Å². The van der Waals surface area contributed by atoms with Gasteiger partial charge in [0, 0.05) is 25.8 Å². The molecular weight excluding hydrogens is 242 g/mol. The first-order valence-electron chi connectivity index (χ1n) is 6.39. The Hall–Kier alpha value is -1.79. The number of aromatic nitrogens is 4. The van der Waals surface area contributed by atoms with Gasteiger partial charge in [-0.25, -0.2) is 0 Å². The molecule has 0 aromatic carbocycles. The third kappa shape index (κ3) is 2.36. The van der Waals surface area contributed by atoms with Gasteiger partial charge in [-0.3, -0.25) is 9.88 Å². The zero-order chi connectivity index (χ0) is 13.3. The van der Waals surface area contributed by atoms with Gasteiger partial charge in [0.25, 0.3) is 0 Å². The van der Waals surface area contributed by atoms with Crippen LogP contribution in [0, 0.1) is 6.92 Å². The van der Waals surface area contributed by atoms with E-state index < -0.39 is 5.60 Å². The number of aromatic amines is 1. The summed E-state index contributed by atoms with van der Waals surface area (Å²) in [6.07, 6.45) is 4.07. The Kier molecular flexibility index (Phi) is 3.04. The predicted molar refractivity (Wildman–Crippen MR) is 69.1 cm³/mol. The summed E-state index contributed by atoms with van der Waals surface area (Å²) in [5.74, 6) is 0. The molecule has 6 nitrogen and oxygen atoms in total. The van der Waals surface area contributed by atoms with Gasteiger partial charge in [0.1, 0.15) is 11.3 Å². The Morgan fingerprint density at radius 3 is 3.16 bits per heavy atom. The molecule has 1 aliphatic rings.